The number of ketones is 1. The van der Waals surface area contributed by atoms with E-state index in [2.05, 4.69) is 0 Å². The zero-order chi connectivity index (χ0) is 19.3. The third-order valence-corrected chi connectivity index (χ3v) is 5.01. The van der Waals surface area contributed by atoms with Crippen molar-refractivity contribution in [2.75, 3.05) is 0 Å². The Kier molecular flexibility index (Phi) is 8.03. The molecule has 0 aromatic heterocycles. The molecular formula is C20H32O5. The van der Waals surface area contributed by atoms with Crippen LogP contribution in [0.3, 0.4) is 0 Å². The molecule has 1 aliphatic heterocycles. The molecule has 5 nitrogen and oxygen atoms in total. The van der Waals surface area contributed by atoms with E-state index in [1.54, 1.807) is 13.8 Å². The minimum absolute atomic E-state index is 0.0737. The van der Waals surface area contributed by atoms with Crippen molar-refractivity contribution in [3.63, 3.8) is 0 Å². The largest absolute Gasteiger partial charge is 0.461 e. The Morgan fingerprint density at radius 2 is 1.68 bits per heavy atom. The molecule has 142 valence electrons. The first-order chi connectivity index (χ1) is 11.6. The average molecular weight is 352 g/mol. The summed E-state index contributed by atoms with van der Waals surface area (Å²) in [6.07, 6.45) is 1.96. The molecule has 1 aliphatic rings. The molecule has 0 aromatic rings. The summed E-state index contributed by atoms with van der Waals surface area (Å²) in [7, 11) is 0. The first kappa shape index (κ1) is 21.6. The van der Waals surface area contributed by atoms with Gasteiger partial charge < -0.3 is 14.9 Å². The second-order valence-corrected chi connectivity index (χ2v) is 7.37. The number of aliphatic hydroxyl groups is 2. The fourth-order valence-corrected chi connectivity index (χ4v) is 3.24. The third kappa shape index (κ3) is 5.79. The van der Waals surface area contributed by atoms with E-state index in [1.165, 1.54) is 6.08 Å². The van der Waals surface area contributed by atoms with Crippen LogP contribution < -0.4 is 0 Å². The fraction of sp³-hybridized carbons (Fsp3) is 0.700. The third-order valence-electron chi connectivity index (χ3n) is 5.01. The van der Waals surface area contributed by atoms with E-state index in [0.717, 1.165) is 5.57 Å². The van der Waals surface area contributed by atoms with Gasteiger partial charge in [0.25, 0.3) is 0 Å². The van der Waals surface area contributed by atoms with Crippen molar-refractivity contribution < 1.29 is 24.5 Å². The number of hydrogen-bond donors (Lipinski definition) is 2. The Morgan fingerprint density at radius 3 is 2.24 bits per heavy atom. The molecule has 0 amide bonds. The zero-order valence-electron chi connectivity index (χ0n) is 16.2. The topological polar surface area (TPSA) is 83.8 Å². The first-order valence-electron chi connectivity index (χ1n) is 9.04. The summed E-state index contributed by atoms with van der Waals surface area (Å²) in [6.45, 7) is 10.8. The van der Waals surface area contributed by atoms with Crippen molar-refractivity contribution >= 4 is 11.8 Å². The Hall–Kier alpha value is -1.46. The molecule has 0 unspecified atom stereocenters. The molecule has 0 aromatic carbocycles. The predicted molar refractivity (Wildman–Crippen MR) is 96.8 cm³/mol. The Bertz CT molecular complexity index is 548. The number of carbonyl (C=O) groups excluding carboxylic acids is 2. The highest BCUT2D eigenvalue weighted by molar-refractivity contribution is 5.90. The van der Waals surface area contributed by atoms with Crippen molar-refractivity contribution in [3.05, 3.63) is 23.3 Å². The van der Waals surface area contributed by atoms with Crippen LogP contribution in [0.15, 0.2) is 23.3 Å². The lowest BCUT2D eigenvalue weighted by molar-refractivity contribution is -0.158. The van der Waals surface area contributed by atoms with E-state index >= 15 is 0 Å². The molecule has 2 N–H and O–H groups in total. The molecule has 0 bridgehead atoms. The molecule has 0 fully saturated rings. The molecule has 0 saturated heterocycles. The number of hydrogen-bond acceptors (Lipinski definition) is 5. The van der Waals surface area contributed by atoms with Crippen molar-refractivity contribution in [3.8, 4) is 0 Å². The van der Waals surface area contributed by atoms with Crippen molar-refractivity contribution in [2.45, 2.75) is 72.7 Å². The molecule has 0 saturated carbocycles. The van der Waals surface area contributed by atoms with Gasteiger partial charge in [-0.1, -0.05) is 26.8 Å². The number of cyclic esters (lactones) is 1. The van der Waals surface area contributed by atoms with Gasteiger partial charge in [-0.2, -0.15) is 0 Å². The van der Waals surface area contributed by atoms with Gasteiger partial charge in [0.1, 0.15) is 6.10 Å². The van der Waals surface area contributed by atoms with Crippen LogP contribution in [-0.2, 0) is 14.3 Å². The molecule has 0 aliphatic carbocycles. The standard InChI is InChI=1S/C20H32O5/c1-7-17-11(2)8-12(3)18(22)13(4)9-16(21)10-14(5)19(23)15(6)20(24)25-17/h8,10-11,13,15,17-19,22-23H,7,9H2,1-6H3/b12-8+,14-10+/t11-,13-,15-,17-,18-,19-/m0/s1. The molecule has 5 heteroatoms. The quantitative estimate of drug-likeness (QED) is 0.560. The summed E-state index contributed by atoms with van der Waals surface area (Å²) in [5.41, 5.74) is 1.20. The summed E-state index contributed by atoms with van der Waals surface area (Å²) >= 11 is 0. The number of rotatable bonds is 1. The van der Waals surface area contributed by atoms with E-state index < -0.39 is 24.1 Å². The minimum atomic E-state index is -1.07. The van der Waals surface area contributed by atoms with Crippen molar-refractivity contribution in [2.24, 2.45) is 17.8 Å². The summed E-state index contributed by atoms with van der Waals surface area (Å²) in [5, 5.41) is 20.8. The number of aliphatic hydroxyl groups excluding tert-OH is 2. The van der Waals surface area contributed by atoms with E-state index in [-0.39, 0.29) is 30.1 Å². The fourth-order valence-electron chi connectivity index (χ4n) is 3.24. The van der Waals surface area contributed by atoms with Crippen molar-refractivity contribution in [1.29, 1.82) is 0 Å². The lowest BCUT2D eigenvalue weighted by atomic mass is 9.89. The Balaban J connectivity index is 3.23. The maximum absolute atomic E-state index is 12.4. The number of esters is 1. The van der Waals surface area contributed by atoms with Crippen LogP contribution >= 0.6 is 0 Å². The van der Waals surface area contributed by atoms with Crippen LogP contribution in [0.5, 0.6) is 0 Å². The predicted octanol–water partition coefficient (Wildman–Crippen LogP) is 2.80. The summed E-state index contributed by atoms with van der Waals surface area (Å²) in [6, 6.07) is 0. The van der Waals surface area contributed by atoms with Gasteiger partial charge in [-0.25, -0.2) is 0 Å². The smallest absolute Gasteiger partial charge is 0.311 e. The Morgan fingerprint density at radius 1 is 1.08 bits per heavy atom. The molecular weight excluding hydrogens is 320 g/mol. The van der Waals surface area contributed by atoms with Gasteiger partial charge in [-0.15, -0.1) is 0 Å². The van der Waals surface area contributed by atoms with Gasteiger partial charge in [-0.05, 0) is 50.3 Å². The highest BCUT2D eigenvalue weighted by Gasteiger charge is 2.29. The zero-order valence-corrected chi connectivity index (χ0v) is 16.2. The normalized spacial score (nSPS) is 40.3. The van der Waals surface area contributed by atoms with E-state index in [0.29, 0.717) is 12.0 Å². The SMILES string of the molecule is CC[C@@H]1OC(=O)[C@@H](C)[C@@H](O)/C(C)=C/C(=O)C[C@H](C)[C@@H](O)/C(C)=C/[C@@H]1C. The maximum atomic E-state index is 12.4. The maximum Gasteiger partial charge on any atom is 0.311 e. The van der Waals surface area contributed by atoms with Gasteiger partial charge >= 0.3 is 5.97 Å². The van der Waals surface area contributed by atoms with Crippen LogP contribution in [0, 0.1) is 17.8 Å². The molecule has 0 radical (unpaired) electrons. The van der Waals surface area contributed by atoms with E-state index in [4.69, 9.17) is 4.74 Å². The molecule has 0 spiro atoms. The lowest BCUT2D eigenvalue weighted by Gasteiger charge is -2.27. The lowest BCUT2D eigenvalue weighted by Crippen LogP contribution is -2.34. The second-order valence-electron chi connectivity index (χ2n) is 7.37. The molecule has 25 heavy (non-hydrogen) atoms. The average Bonchev–Trinajstić information content (AvgIpc) is 2.55. The minimum Gasteiger partial charge on any atom is -0.461 e. The van der Waals surface area contributed by atoms with Gasteiger partial charge in [0.05, 0.1) is 18.1 Å². The van der Waals surface area contributed by atoms with Crippen LogP contribution in [0.2, 0.25) is 0 Å². The summed E-state index contributed by atoms with van der Waals surface area (Å²) < 4.78 is 5.59. The number of carbonyl (C=O) groups is 2. The molecule has 6 atom stereocenters. The second kappa shape index (κ2) is 9.30. The summed E-state index contributed by atoms with van der Waals surface area (Å²) in [4.78, 5) is 24.6. The van der Waals surface area contributed by atoms with Crippen molar-refractivity contribution in [1.82, 2.24) is 0 Å². The highest BCUT2D eigenvalue weighted by atomic mass is 16.5. The van der Waals surface area contributed by atoms with Crippen LogP contribution in [0.25, 0.3) is 0 Å². The highest BCUT2D eigenvalue weighted by Crippen LogP contribution is 2.24. The molecule has 1 rings (SSSR count). The van der Waals surface area contributed by atoms with Gasteiger partial charge in [0, 0.05) is 12.3 Å². The van der Waals surface area contributed by atoms with Crippen LogP contribution in [0.1, 0.15) is 54.4 Å². The first-order valence-corrected chi connectivity index (χ1v) is 9.04. The van der Waals surface area contributed by atoms with Gasteiger partial charge in [0.15, 0.2) is 5.78 Å². The van der Waals surface area contributed by atoms with E-state index in [1.807, 2.05) is 33.8 Å². The molecule has 1 heterocycles. The van der Waals surface area contributed by atoms with Crippen LogP contribution in [0.4, 0.5) is 0 Å². The van der Waals surface area contributed by atoms with Gasteiger partial charge in [-0.3, -0.25) is 9.59 Å². The Labute approximate surface area is 150 Å². The number of allylic oxidation sites excluding steroid dienone is 1. The summed E-state index contributed by atoms with van der Waals surface area (Å²) in [5.74, 6) is -1.71. The van der Waals surface area contributed by atoms with Gasteiger partial charge in [0.2, 0.25) is 0 Å². The van der Waals surface area contributed by atoms with Crippen LogP contribution in [-0.4, -0.2) is 40.3 Å². The number of ether oxygens (including phenoxy) is 1. The monoisotopic (exact) mass is 352 g/mol. The van der Waals surface area contributed by atoms with E-state index in [9.17, 15) is 19.8 Å².